The van der Waals surface area contributed by atoms with Gasteiger partial charge in [-0.2, -0.15) is 13.2 Å². The Morgan fingerprint density at radius 1 is 1.25 bits per heavy atom. The van der Waals surface area contributed by atoms with Crippen LogP contribution in [-0.2, 0) is 12.6 Å². The lowest BCUT2D eigenvalue weighted by Crippen LogP contribution is -2.15. The van der Waals surface area contributed by atoms with Crippen LogP contribution in [0.5, 0.6) is 0 Å². The van der Waals surface area contributed by atoms with Gasteiger partial charge in [0.1, 0.15) is 5.82 Å². The van der Waals surface area contributed by atoms with Gasteiger partial charge in [0.2, 0.25) is 0 Å². The Balaban J connectivity index is 2.24. The molecule has 0 amide bonds. The number of halogens is 5. The van der Waals surface area contributed by atoms with E-state index in [0.717, 1.165) is 21.5 Å². The minimum Gasteiger partial charge on any atom is -0.324 e. The number of benzene rings is 1. The van der Waals surface area contributed by atoms with Crippen LogP contribution in [0.2, 0.25) is 0 Å². The number of thiophene rings is 1. The maximum Gasteiger partial charge on any atom is 0.419 e. The molecule has 1 nitrogen and oxygen atoms in total. The number of nitrogens with two attached hydrogens (primary N) is 1. The van der Waals surface area contributed by atoms with E-state index in [1.165, 1.54) is 17.4 Å². The van der Waals surface area contributed by atoms with Crippen molar-refractivity contribution in [2.45, 2.75) is 18.6 Å². The molecule has 0 radical (unpaired) electrons. The van der Waals surface area contributed by atoms with Crippen LogP contribution in [0.25, 0.3) is 0 Å². The molecule has 2 N–H and O–H groups in total. The molecule has 1 aromatic heterocycles. The number of hydrogen-bond acceptors (Lipinski definition) is 2. The Bertz CT molecular complexity index is 609. The van der Waals surface area contributed by atoms with Crippen LogP contribution < -0.4 is 5.73 Å². The summed E-state index contributed by atoms with van der Waals surface area (Å²) in [6.45, 7) is 0. The molecule has 0 aliphatic rings. The molecular weight excluding hydrogens is 358 g/mol. The third kappa shape index (κ3) is 3.59. The van der Waals surface area contributed by atoms with Gasteiger partial charge in [-0.15, -0.1) is 11.3 Å². The Morgan fingerprint density at radius 3 is 2.50 bits per heavy atom. The zero-order valence-electron chi connectivity index (χ0n) is 10.0. The quantitative estimate of drug-likeness (QED) is 0.766. The van der Waals surface area contributed by atoms with Crippen molar-refractivity contribution in [1.82, 2.24) is 0 Å². The molecule has 1 atom stereocenters. The van der Waals surface area contributed by atoms with Crippen molar-refractivity contribution in [3.8, 4) is 0 Å². The van der Waals surface area contributed by atoms with Crippen LogP contribution in [0.3, 0.4) is 0 Å². The van der Waals surface area contributed by atoms with Crippen LogP contribution in [0.15, 0.2) is 34.1 Å². The third-order valence-electron chi connectivity index (χ3n) is 2.77. The number of hydrogen-bond donors (Lipinski definition) is 1. The maximum absolute atomic E-state index is 13.2. The van der Waals surface area contributed by atoms with Gasteiger partial charge < -0.3 is 5.73 Å². The van der Waals surface area contributed by atoms with Crippen molar-refractivity contribution in [3.63, 3.8) is 0 Å². The molecule has 2 rings (SSSR count). The average Bonchev–Trinajstić information content (AvgIpc) is 2.73. The summed E-state index contributed by atoms with van der Waals surface area (Å²) in [5.74, 6) is -1.28. The minimum atomic E-state index is -4.72. The largest absolute Gasteiger partial charge is 0.419 e. The highest BCUT2D eigenvalue weighted by Crippen LogP contribution is 2.33. The normalized spacial score (nSPS) is 13.5. The van der Waals surface area contributed by atoms with Crippen LogP contribution >= 0.6 is 27.3 Å². The Kier molecular flexibility index (Phi) is 4.51. The number of alkyl halides is 3. The first kappa shape index (κ1) is 15.5. The first-order valence-electron chi connectivity index (χ1n) is 5.62. The zero-order valence-corrected chi connectivity index (χ0v) is 12.4. The monoisotopic (exact) mass is 367 g/mol. The predicted octanol–water partition coefficient (Wildman–Crippen LogP) is 4.91. The average molecular weight is 368 g/mol. The van der Waals surface area contributed by atoms with E-state index in [9.17, 15) is 17.6 Å². The van der Waals surface area contributed by atoms with E-state index in [4.69, 9.17) is 5.73 Å². The van der Waals surface area contributed by atoms with Gasteiger partial charge >= 0.3 is 6.18 Å². The molecule has 0 aliphatic heterocycles. The van der Waals surface area contributed by atoms with Gasteiger partial charge in [-0.25, -0.2) is 4.39 Å². The van der Waals surface area contributed by atoms with Crippen molar-refractivity contribution in [2.75, 3.05) is 0 Å². The van der Waals surface area contributed by atoms with E-state index in [1.54, 1.807) is 0 Å². The summed E-state index contributed by atoms with van der Waals surface area (Å²) in [5.41, 5.74) is 4.89. The van der Waals surface area contributed by atoms with Gasteiger partial charge in [0.15, 0.2) is 0 Å². The Morgan fingerprint density at radius 2 is 1.95 bits per heavy atom. The highest BCUT2D eigenvalue weighted by molar-refractivity contribution is 9.10. The molecule has 20 heavy (non-hydrogen) atoms. The second-order valence-corrected chi connectivity index (χ2v) is 6.19. The predicted molar refractivity (Wildman–Crippen MR) is 74.1 cm³/mol. The van der Waals surface area contributed by atoms with Gasteiger partial charge in [0.25, 0.3) is 0 Å². The summed E-state index contributed by atoms with van der Waals surface area (Å²) >= 11 is 4.76. The second-order valence-electron chi connectivity index (χ2n) is 4.28. The van der Waals surface area contributed by atoms with E-state index in [-0.39, 0.29) is 5.56 Å². The fourth-order valence-corrected chi connectivity index (χ4v) is 3.30. The topological polar surface area (TPSA) is 26.0 Å². The first-order chi connectivity index (χ1) is 9.27. The molecule has 0 spiro atoms. The second kappa shape index (κ2) is 5.83. The van der Waals surface area contributed by atoms with Crippen molar-refractivity contribution in [2.24, 2.45) is 5.73 Å². The fraction of sp³-hybridized carbons (Fsp3) is 0.231. The zero-order chi connectivity index (χ0) is 14.9. The third-order valence-corrected chi connectivity index (χ3v) is 4.49. The molecule has 0 saturated carbocycles. The lowest BCUT2D eigenvalue weighted by Gasteiger charge is -2.14. The van der Waals surface area contributed by atoms with E-state index in [2.05, 4.69) is 15.9 Å². The Labute approximate surface area is 125 Å². The highest BCUT2D eigenvalue weighted by Gasteiger charge is 2.34. The molecule has 1 aromatic carbocycles. The van der Waals surface area contributed by atoms with Gasteiger partial charge in [-0.05, 0) is 39.7 Å². The lowest BCUT2D eigenvalue weighted by atomic mass is 10.0. The van der Waals surface area contributed by atoms with Crippen LogP contribution in [0.4, 0.5) is 17.6 Å². The SMILES string of the molecule is NC(Cc1cc(Br)cs1)c1ccc(F)c(C(F)(F)F)c1. The van der Waals surface area contributed by atoms with E-state index >= 15 is 0 Å². The summed E-state index contributed by atoms with van der Waals surface area (Å²) < 4.78 is 52.0. The Hall–Kier alpha value is -0.920. The molecule has 1 unspecified atom stereocenters. The van der Waals surface area contributed by atoms with Crippen LogP contribution in [-0.4, -0.2) is 0 Å². The van der Waals surface area contributed by atoms with E-state index < -0.39 is 23.6 Å². The molecule has 0 bridgehead atoms. The smallest absolute Gasteiger partial charge is 0.324 e. The van der Waals surface area contributed by atoms with Crippen LogP contribution in [0.1, 0.15) is 22.0 Å². The van der Waals surface area contributed by atoms with Crippen LogP contribution in [0, 0.1) is 5.82 Å². The standard InChI is InChI=1S/C13H10BrF4NS/c14-8-4-9(20-6-8)5-12(19)7-1-2-11(15)10(3-7)13(16,17)18/h1-4,6,12H,5,19H2. The van der Waals surface area contributed by atoms with Crippen molar-refractivity contribution in [1.29, 1.82) is 0 Å². The fourth-order valence-electron chi connectivity index (χ4n) is 1.79. The summed E-state index contributed by atoms with van der Waals surface area (Å²) in [6, 6.07) is 4.13. The molecule has 7 heteroatoms. The van der Waals surface area contributed by atoms with Crippen molar-refractivity contribution >= 4 is 27.3 Å². The van der Waals surface area contributed by atoms with Crippen molar-refractivity contribution in [3.05, 3.63) is 55.9 Å². The van der Waals surface area contributed by atoms with Crippen molar-refractivity contribution < 1.29 is 17.6 Å². The molecule has 0 aliphatic carbocycles. The molecule has 0 fully saturated rings. The molecule has 108 valence electrons. The number of rotatable bonds is 3. The molecule has 0 saturated heterocycles. The maximum atomic E-state index is 13.2. The van der Waals surface area contributed by atoms with Gasteiger partial charge in [0.05, 0.1) is 5.56 Å². The first-order valence-corrected chi connectivity index (χ1v) is 7.30. The summed E-state index contributed by atoms with van der Waals surface area (Å²) in [5, 5.41) is 1.87. The summed E-state index contributed by atoms with van der Waals surface area (Å²) in [6.07, 6.45) is -4.31. The summed E-state index contributed by atoms with van der Waals surface area (Å²) in [7, 11) is 0. The van der Waals surface area contributed by atoms with E-state index in [0.29, 0.717) is 6.42 Å². The minimum absolute atomic E-state index is 0.267. The molecule has 1 heterocycles. The molecule has 2 aromatic rings. The molecular formula is C13H10BrF4NS. The van der Waals surface area contributed by atoms with E-state index in [1.807, 2.05) is 11.4 Å². The van der Waals surface area contributed by atoms with Gasteiger partial charge in [-0.3, -0.25) is 0 Å². The highest BCUT2D eigenvalue weighted by atomic mass is 79.9. The van der Waals surface area contributed by atoms with Gasteiger partial charge in [-0.1, -0.05) is 6.07 Å². The lowest BCUT2D eigenvalue weighted by molar-refractivity contribution is -0.140. The van der Waals surface area contributed by atoms with Gasteiger partial charge in [0, 0.05) is 27.2 Å². The summed E-state index contributed by atoms with van der Waals surface area (Å²) in [4.78, 5) is 0.947.